The number of carbonyl (C=O) groups is 2. The number of nitrogens with zero attached hydrogens (tertiary/aromatic N) is 1. The van der Waals surface area contributed by atoms with Crippen LogP contribution in [0.25, 0.3) is 0 Å². The summed E-state index contributed by atoms with van der Waals surface area (Å²) in [5.74, 6) is -1.05. The van der Waals surface area contributed by atoms with E-state index in [0.29, 0.717) is 12.6 Å². The van der Waals surface area contributed by atoms with Gasteiger partial charge in [0.05, 0.1) is 0 Å². The van der Waals surface area contributed by atoms with E-state index in [9.17, 15) is 9.59 Å². The number of nitrogens with one attached hydrogen (secondary N) is 2. The van der Waals surface area contributed by atoms with Crippen molar-refractivity contribution >= 4 is 12.0 Å². The topological polar surface area (TPSA) is 81.7 Å². The third-order valence-electron chi connectivity index (χ3n) is 3.13. The van der Waals surface area contributed by atoms with Crippen LogP contribution in [0.2, 0.25) is 0 Å². The lowest BCUT2D eigenvalue weighted by Gasteiger charge is -2.23. The molecule has 0 aromatic carbocycles. The summed E-state index contributed by atoms with van der Waals surface area (Å²) >= 11 is 0. The largest absolute Gasteiger partial charge is 0.480 e. The van der Waals surface area contributed by atoms with Crippen LogP contribution >= 0.6 is 0 Å². The predicted octanol–water partition coefficient (Wildman–Crippen LogP) is 0.243. The van der Waals surface area contributed by atoms with Crippen molar-refractivity contribution in [3.8, 4) is 0 Å². The van der Waals surface area contributed by atoms with Crippen molar-refractivity contribution in [3.05, 3.63) is 0 Å². The molecule has 17 heavy (non-hydrogen) atoms. The number of carbonyl (C=O) groups excluding carboxylic acids is 1. The minimum absolute atomic E-state index is 0.355. The van der Waals surface area contributed by atoms with E-state index in [-0.39, 0.29) is 0 Å². The van der Waals surface area contributed by atoms with E-state index in [2.05, 4.69) is 15.5 Å². The first-order valence-electron chi connectivity index (χ1n) is 5.82. The molecule has 0 saturated carbocycles. The van der Waals surface area contributed by atoms with Crippen molar-refractivity contribution in [1.82, 2.24) is 15.5 Å². The third kappa shape index (κ3) is 3.89. The Hall–Kier alpha value is -1.30. The Kier molecular flexibility index (Phi) is 4.34. The molecule has 0 spiro atoms. The lowest BCUT2D eigenvalue weighted by Crippen LogP contribution is -2.54. The summed E-state index contributed by atoms with van der Waals surface area (Å²) < 4.78 is 0. The number of likely N-dealkylation sites (N-methyl/N-ethyl adjacent to an activating group) is 1. The number of carboxylic acids is 1. The van der Waals surface area contributed by atoms with Crippen LogP contribution in [-0.2, 0) is 4.79 Å². The van der Waals surface area contributed by atoms with Crippen molar-refractivity contribution < 1.29 is 14.7 Å². The summed E-state index contributed by atoms with van der Waals surface area (Å²) in [6.07, 6.45) is 2.21. The molecule has 1 unspecified atom stereocenters. The van der Waals surface area contributed by atoms with Crippen molar-refractivity contribution in [3.63, 3.8) is 0 Å². The van der Waals surface area contributed by atoms with E-state index in [0.717, 1.165) is 19.4 Å². The Morgan fingerprint density at radius 2 is 2.12 bits per heavy atom. The molecular formula is C11H21N3O3. The Labute approximate surface area is 101 Å². The highest BCUT2D eigenvalue weighted by Gasteiger charge is 2.29. The molecule has 1 atom stereocenters. The van der Waals surface area contributed by atoms with Gasteiger partial charge in [-0.2, -0.15) is 0 Å². The van der Waals surface area contributed by atoms with Gasteiger partial charge in [0.15, 0.2) is 0 Å². The minimum Gasteiger partial charge on any atom is -0.480 e. The van der Waals surface area contributed by atoms with Gasteiger partial charge in [0, 0.05) is 12.6 Å². The molecule has 1 saturated heterocycles. The van der Waals surface area contributed by atoms with Gasteiger partial charge in [-0.25, -0.2) is 9.59 Å². The molecule has 1 heterocycles. The van der Waals surface area contributed by atoms with Gasteiger partial charge in [-0.05, 0) is 40.3 Å². The molecule has 1 aliphatic rings. The molecule has 0 aliphatic carbocycles. The number of likely N-dealkylation sites (tertiary alicyclic amines) is 1. The average molecular weight is 243 g/mol. The maximum absolute atomic E-state index is 11.5. The van der Waals surface area contributed by atoms with Crippen LogP contribution in [0, 0.1) is 0 Å². The Balaban J connectivity index is 2.33. The van der Waals surface area contributed by atoms with Crippen LogP contribution in [0.4, 0.5) is 4.79 Å². The number of urea groups is 1. The van der Waals surface area contributed by atoms with E-state index in [1.54, 1.807) is 0 Å². The summed E-state index contributed by atoms with van der Waals surface area (Å²) in [5.41, 5.74) is -1.24. The molecule has 98 valence electrons. The number of rotatable bonds is 4. The molecule has 2 amide bonds. The lowest BCUT2D eigenvalue weighted by molar-refractivity contribution is -0.142. The predicted molar refractivity (Wildman–Crippen MR) is 63.9 cm³/mol. The average Bonchev–Trinajstić information content (AvgIpc) is 2.60. The number of carboxylic acid groups (broad SMARTS) is 1. The molecule has 6 nitrogen and oxygen atoms in total. The van der Waals surface area contributed by atoms with E-state index in [4.69, 9.17) is 5.11 Å². The Morgan fingerprint density at radius 1 is 1.47 bits per heavy atom. The lowest BCUT2D eigenvalue weighted by atomic mass is 10.1. The molecular weight excluding hydrogens is 222 g/mol. The number of hydrogen-bond acceptors (Lipinski definition) is 3. The van der Waals surface area contributed by atoms with Gasteiger partial charge in [-0.15, -0.1) is 0 Å². The maximum Gasteiger partial charge on any atom is 0.328 e. The standard InChI is InChI=1S/C11H21N3O3/c1-11(2,9(15)16)13-10(17)12-7-8-5-4-6-14(8)3/h8H,4-7H2,1-3H3,(H,15,16)(H2,12,13,17). The molecule has 0 aromatic rings. The molecule has 6 heteroatoms. The fourth-order valence-electron chi connectivity index (χ4n) is 1.83. The second kappa shape index (κ2) is 5.35. The Bertz CT molecular complexity index is 304. The highest BCUT2D eigenvalue weighted by Crippen LogP contribution is 2.13. The summed E-state index contributed by atoms with van der Waals surface area (Å²) in [4.78, 5) is 24.5. The second-order valence-electron chi connectivity index (χ2n) is 5.04. The molecule has 1 aliphatic heterocycles. The molecule has 3 N–H and O–H groups in total. The fourth-order valence-corrected chi connectivity index (χ4v) is 1.83. The number of aliphatic carboxylic acids is 1. The highest BCUT2D eigenvalue weighted by molar-refractivity contribution is 5.85. The zero-order valence-corrected chi connectivity index (χ0v) is 10.6. The van der Waals surface area contributed by atoms with Crippen LogP contribution in [0.5, 0.6) is 0 Å². The zero-order chi connectivity index (χ0) is 13.1. The van der Waals surface area contributed by atoms with E-state index in [1.165, 1.54) is 13.8 Å². The van der Waals surface area contributed by atoms with E-state index < -0.39 is 17.5 Å². The van der Waals surface area contributed by atoms with Gasteiger partial charge in [0.25, 0.3) is 0 Å². The van der Waals surface area contributed by atoms with Gasteiger partial charge >= 0.3 is 12.0 Å². The summed E-state index contributed by atoms with van der Waals surface area (Å²) in [6.45, 7) is 4.51. The minimum atomic E-state index is -1.24. The Morgan fingerprint density at radius 3 is 2.59 bits per heavy atom. The highest BCUT2D eigenvalue weighted by atomic mass is 16.4. The first-order chi connectivity index (χ1) is 7.83. The van der Waals surface area contributed by atoms with Gasteiger partial charge in [-0.3, -0.25) is 0 Å². The number of amides is 2. The van der Waals surface area contributed by atoms with Gasteiger partial charge in [0.1, 0.15) is 5.54 Å². The van der Waals surface area contributed by atoms with Crippen LogP contribution in [0.1, 0.15) is 26.7 Å². The molecule has 0 aromatic heterocycles. The first kappa shape index (κ1) is 13.8. The quantitative estimate of drug-likeness (QED) is 0.661. The van der Waals surface area contributed by atoms with Crippen LogP contribution in [0.3, 0.4) is 0 Å². The molecule has 1 fully saturated rings. The summed E-state index contributed by atoms with van der Waals surface area (Å²) in [5, 5.41) is 14.0. The van der Waals surface area contributed by atoms with Crippen LogP contribution < -0.4 is 10.6 Å². The van der Waals surface area contributed by atoms with Crippen molar-refractivity contribution in [2.45, 2.75) is 38.3 Å². The SMILES string of the molecule is CN1CCCC1CNC(=O)NC(C)(C)C(=O)O. The maximum atomic E-state index is 11.5. The third-order valence-corrected chi connectivity index (χ3v) is 3.13. The van der Waals surface area contributed by atoms with Crippen LogP contribution in [0.15, 0.2) is 0 Å². The van der Waals surface area contributed by atoms with Crippen molar-refractivity contribution in [2.75, 3.05) is 20.1 Å². The normalized spacial score (nSPS) is 21.2. The van der Waals surface area contributed by atoms with Gasteiger partial charge in [0.2, 0.25) is 0 Å². The molecule has 0 radical (unpaired) electrons. The van der Waals surface area contributed by atoms with Crippen molar-refractivity contribution in [1.29, 1.82) is 0 Å². The fraction of sp³-hybridized carbons (Fsp3) is 0.818. The van der Waals surface area contributed by atoms with E-state index >= 15 is 0 Å². The first-order valence-corrected chi connectivity index (χ1v) is 5.82. The van der Waals surface area contributed by atoms with Gasteiger partial charge in [-0.1, -0.05) is 0 Å². The molecule has 0 bridgehead atoms. The van der Waals surface area contributed by atoms with Crippen molar-refractivity contribution in [2.24, 2.45) is 0 Å². The zero-order valence-electron chi connectivity index (χ0n) is 10.6. The smallest absolute Gasteiger partial charge is 0.328 e. The summed E-state index contributed by atoms with van der Waals surface area (Å²) in [6, 6.07) is -0.0774. The number of hydrogen-bond donors (Lipinski definition) is 3. The van der Waals surface area contributed by atoms with Crippen LogP contribution in [-0.4, -0.2) is 53.7 Å². The molecule has 1 rings (SSSR count). The van der Waals surface area contributed by atoms with E-state index in [1.807, 2.05) is 7.05 Å². The summed E-state index contributed by atoms with van der Waals surface area (Å²) in [7, 11) is 2.03. The second-order valence-corrected chi connectivity index (χ2v) is 5.04. The van der Waals surface area contributed by atoms with Gasteiger partial charge < -0.3 is 20.6 Å². The monoisotopic (exact) mass is 243 g/mol.